The zero-order valence-corrected chi connectivity index (χ0v) is 41.2. The number of nitrogens with one attached hydrogen (secondary N) is 5. The van der Waals surface area contributed by atoms with E-state index in [4.69, 9.17) is 5.73 Å². The largest absolute Gasteiger partial charge is 0.507 e. The average molecular weight is 965 g/mol. The second-order valence-electron chi connectivity index (χ2n) is 18.1. The molecule has 4 bridgehead atoms. The van der Waals surface area contributed by atoms with Gasteiger partial charge in [-0.3, -0.25) is 38.4 Å². The average Bonchev–Trinajstić information content (AvgIpc) is 3.31. The quantitative estimate of drug-likeness (QED) is 0.0617. The normalized spacial score (nSPS) is 17.2. The SMILES string of the molecule is CCCCCCCCCCCCCCCC(=O)N(C)C(CO)C(=O)N[C@H](C)C(=O)NCC(=O)N(C)C1C(=O)N[C@@H](C)C(=O)NC(C(=O)NCC(O)C(N)=O)Cc2ccc(O)c(c2)-c2cc1ccc2C. The van der Waals surface area contributed by atoms with Crippen LogP contribution in [0.5, 0.6) is 5.75 Å². The number of benzene rings is 2. The second kappa shape index (κ2) is 29.1. The van der Waals surface area contributed by atoms with E-state index in [1.165, 1.54) is 96.7 Å². The lowest BCUT2D eigenvalue weighted by Crippen LogP contribution is -2.56. The number of carbonyl (C=O) groups excluding carboxylic acids is 8. The summed E-state index contributed by atoms with van der Waals surface area (Å²) in [6.07, 6.45) is 13.5. The van der Waals surface area contributed by atoms with Crippen LogP contribution in [0.15, 0.2) is 36.4 Å². The van der Waals surface area contributed by atoms with Gasteiger partial charge >= 0.3 is 0 Å². The fourth-order valence-electron chi connectivity index (χ4n) is 8.08. The highest BCUT2D eigenvalue weighted by atomic mass is 16.3. The van der Waals surface area contributed by atoms with Crippen LogP contribution in [0.1, 0.15) is 133 Å². The van der Waals surface area contributed by atoms with Crippen LogP contribution in [0.4, 0.5) is 0 Å². The third kappa shape index (κ3) is 18.1. The first-order valence-electron chi connectivity index (χ1n) is 24.3. The molecule has 1 aliphatic heterocycles. The van der Waals surface area contributed by atoms with Crippen molar-refractivity contribution in [3.8, 4) is 16.9 Å². The number of aromatic hydroxyl groups is 1. The minimum absolute atomic E-state index is 0.0941. The Morgan fingerprint density at radius 3 is 2.00 bits per heavy atom. The molecule has 4 unspecified atom stereocenters. The van der Waals surface area contributed by atoms with Crippen LogP contribution in [0.2, 0.25) is 0 Å². The summed E-state index contributed by atoms with van der Waals surface area (Å²) in [6.45, 7) is 4.90. The number of nitrogens with two attached hydrogens (primary N) is 1. The predicted octanol–water partition coefficient (Wildman–Crippen LogP) is 2.30. The van der Waals surface area contributed by atoms with E-state index in [0.717, 1.165) is 24.2 Å². The molecule has 382 valence electrons. The molecule has 0 radical (unpaired) electrons. The number of primary amides is 1. The monoisotopic (exact) mass is 965 g/mol. The van der Waals surface area contributed by atoms with Gasteiger partial charge in [0.1, 0.15) is 42.1 Å². The van der Waals surface area contributed by atoms with Gasteiger partial charge in [-0.2, -0.15) is 0 Å². The van der Waals surface area contributed by atoms with Crippen LogP contribution in [0.25, 0.3) is 11.1 Å². The Balaban J connectivity index is 1.65. The van der Waals surface area contributed by atoms with Crippen molar-refractivity contribution in [1.29, 1.82) is 0 Å². The van der Waals surface area contributed by atoms with E-state index in [0.29, 0.717) is 34.2 Å². The standard InChI is InChI=1S/C50H76N8O11/c1-7-8-9-10-11-12-13-14-15-16-17-18-19-20-42(62)57(5)39(30-59)49(68)54-32(3)46(65)53-29-43(63)58(6)44-35-23-21-31(2)36(27-35)37-25-34(22-24-40(37)60)26-38(48(67)52-28-41(61)45(51)64)56-47(66)33(4)55-50(44)69/h21-25,27,32-33,38-39,41,44,59-61H,7-20,26,28-30H2,1-6H3,(H2,51,64)(H,52,67)(H,53,65)(H,54,68)(H,55,69)(H,56,66)/t32-,33+,38?,39?,41?,44?/m1/s1. The maximum Gasteiger partial charge on any atom is 0.248 e. The van der Waals surface area contributed by atoms with E-state index in [9.17, 15) is 53.7 Å². The number of carbonyl (C=O) groups is 8. The molecule has 2 aromatic carbocycles. The van der Waals surface area contributed by atoms with Crippen molar-refractivity contribution in [3.63, 3.8) is 0 Å². The number of amides is 8. The molecular weight excluding hydrogens is 889 g/mol. The van der Waals surface area contributed by atoms with Gasteiger partial charge in [-0.1, -0.05) is 102 Å². The molecule has 2 aromatic rings. The molecule has 0 spiro atoms. The highest BCUT2D eigenvalue weighted by Crippen LogP contribution is 2.35. The lowest BCUT2D eigenvalue weighted by atomic mass is 9.91. The number of nitrogens with zero attached hydrogens (tertiary/aromatic N) is 2. The van der Waals surface area contributed by atoms with Crippen molar-refractivity contribution in [2.75, 3.05) is 33.8 Å². The molecule has 0 saturated heterocycles. The summed E-state index contributed by atoms with van der Waals surface area (Å²) in [5.74, 6) is -6.16. The number of phenolic OH excluding ortho intramolecular Hbond substituents is 1. The van der Waals surface area contributed by atoms with Crippen LogP contribution in [0.3, 0.4) is 0 Å². The molecule has 0 fully saturated rings. The predicted molar refractivity (Wildman–Crippen MR) is 260 cm³/mol. The lowest BCUT2D eigenvalue weighted by molar-refractivity contribution is -0.142. The molecule has 0 aromatic heterocycles. The number of aliphatic hydroxyl groups is 2. The van der Waals surface area contributed by atoms with Gasteiger partial charge in [0.2, 0.25) is 47.3 Å². The van der Waals surface area contributed by atoms with E-state index in [2.05, 4.69) is 33.5 Å². The van der Waals surface area contributed by atoms with Gasteiger partial charge in [-0.25, -0.2) is 0 Å². The number of phenols is 1. The lowest BCUT2D eigenvalue weighted by Gasteiger charge is -2.30. The maximum atomic E-state index is 14.1. The van der Waals surface area contributed by atoms with Crippen molar-refractivity contribution >= 4 is 47.3 Å². The number of hydrogen-bond acceptors (Lipinski definition) is 11. The fraction of sp³-hybridized carbons (Fsp3) is 0.600. The zero-order chi connectivity index (χ0) is 51.2. The Hall–Kier alpha value is -6.08. The molecule has 0 saturated carbocycles. The van der Waals surface area contributed by atoms with Gasteiger partial charge < -0.3 is 57.4 Å². The third-order valence-corrected chi connectivity index (χ3v) is 12.6. The highest BCUT2D eigenvalue weighted by molar-refractivity contribution is 5.97. The number of aryl methyl sites for hydroxylation is 1. The summed E-state index contributed by atoms with van der Waals surface area (Å²) in [6, 6.07) is 3.09. The molecule has 0 aliphatic carbocycles. The topological polar surface area (TPSA) is 290 Å². The number of aliphatic hydroxyl groups excluding tert-OH is 2. The van der Waals surface area contributed by atoms with Crippen molar-refractivity contribution in [2.45, 2.75) is 160 Å². The summed E-state index contributed by atoms with van der Waals surface area (Å²) in [7, 11) is 2.75. The summed E-state index contributed by atoms with van der Waals surface area (Å²) >= 11 is 0. The molecule has 10 N–H and O–H groups in total. The van der Waals surface area contributed by atoms with Crippen LogP contribution in [0, 0.1) is 6.92 Å². The zero-order valence-electron chi connectivity index (χ0n) is 41.2. The molecular formula is C50H76N8O11. The van der Waals surface area contributed by atoms with Crippen molar-refractivity contribution in [1.82, 2.24) is 36.4 Å². The van der Waals surface area contributed by atoms with Gasteiger partial charge in [0, 0.05) is 32.5 Å². The number of rotatable bonds is 26. The third-order valence-electron chi connectivity index (χ3n) is 12.6. The van der Waals surface area contributed by atoms with Crippen LogP contribution in [-0.4, -0.2) is 136 Å². The van der Waals surface area contributed by atoms with Crippen molar-refractivity contribution < 1.29 is 53.7 Å². The summed E-state index contributed by atoms with van der Waals surface area (Å²) < 4.78 is 0. The van der Waals surface area contributed by atoms with Gasteiger partial charge in [-0.05, 0) is 67.6 Å². The van der Waals surface area contributed by atoms with Gasteiger partial charge in [-0.15, -0.1) is 0 Å². The Morgan fingerprint density at radius 2 is 1.41 bits per heavy atom. The van der Waals surface area contributed by atoms with Gasteiger partial charge in [0.05, 0.1) is 19.7 Å². The van der Waals surface area contributed by atoms with Gasteiger partial charge in [0.15, 0.2) is 0 Å². The van der Waals surface area contributed by atoms with E-state index in [1.54, 1.807) is 37.3 Å². The summed E-state index contributed by atoms with van der Waals surface area (Å²) in [4.78, 5) is 108. The van der Waals surface area contributed by atoms with Crippen LogP contribution in [-0.2, 0) is 44.8 Å². The summed E-state index contributed by atoms with van der Waals surface area (Å²) in [5.41, 5.74) is 7.40. The molecule has 8 amide bonds. The maximum absolute atomic E-state index is 14.1. The number of likely N-dealkylation sites (N-methyl/N-ethyl adjacent to an activating group) is 2. The minimum atomic E-state index is -1.69. The molecule has 6 atom stereocenters. The molecule has 19 heteroatoms. The Morgan fingerprint density at radius 1 is 0.797 bits per heavy atom. The minimum Gasteiger partial charge on any atom is -0.507 e. The van der Waals surface area contributed by atoms with E-state index >= 15 is 0 Å². The van der Waals surface area contributed by atoms with Crippen LogP contribution < -0.4 is 32.3 Å². The molecule has 69 heavy (non-hydrogen) atoms. The van der Waals surface area contributed by atoms with E-state index < -0.39 is 97.4 Å². The number of unbranched alkanes of at least 4 members (excludes halogenated alkanes) is 12. The van der Waals surface area contributed by atoms with Gasteiger partial charge in [0.25, 0.3) is 0 Å². The van der Waals surface area contributed by atoms with Crippen molar-refractivity contribution in [2.24, 2.45) is 5.73 Å². The first-order valence-corrected chi connectivity index (χ1v) is 24.3. The molecule has 1 heterocycles. The number of hydrogen-bond donors (Lipinski definition) is 9. The first kappa shape index (κ1) is 57.2. The first-order chi connectivity index (χ1) is 32.8. The Bertz CT molecular complexity index is 2080. The van der Waals surface area contributed by atoms with E-state index in [1.807, 2.05) is 0 Å². The van der Waals surface area contributed by atoms with Crippen LogP contribution >= 0.6 is 0 Å². The molecule has 3 rings (SSSR count). The fourth-order valence-corrected chi connectivity index (χ4v) is 8.08. The molecule has 1 aliphatic rings. The summed E-state index contributed by atoms with van der Waals surface area (Å²) in [5, 5.41) is 43.5. The highest BCUT2D eigenvalue weighted by Gasteiger charge is 2.34. The second-order valence-corrected chi connectivity index (χ2v) is 18.1. The smallest absolute Gasteiger partial charge is 0.248 e. The van der Waals surface area contributed by atoms with Crippen molar-refractivity contribution in [3.05, 3.63) is 53.1 Å². The Labute approximate surface area is 406 Å². The van der Waals surface area contributed by atoms with E-state index in [-0.39, 0.29) is 24.5 Å². The Kier molecular flexibility index (Phi) is 24.1. The number of fused-ring (bicyclic) bond motifs is 5. The molecule has 19 nitrogen and oxygen atoms in total.